The van der Waals surface area contributed by atoms with Crippen molar-refractivity contribution < 1.29 is 19.0 Å². The van der Waals surface area contributed by atoms with Crippen molar-refractivity contribution in [2.45, 2.75) is 6.54 Å². The zero-order valence-corrected chi connectivity index (χ0v) is 17.6. The van der Waals surface area contributed by atoms with Crippen molar-refractivity contribution in [3.8, 4) is 22.9 Å². The minimum atomic E-state index is -0.323. The number of rotatable bonds is 5. The minimum Gasteiger partial charge on any atom is -0.495 e. The summed E-state index contributed by atoms with van der Waals surface area (Å²) in [4.78, 5) is 13.1. The second-order valence-electron chi connectivity index (χ2n) is 6.10. The van der Waals surface area contributed by atoms with Gasteiger partial charge in [0, 0.05) is 11.6 Å². The fraction of sp³-hybridized carbons (Fsp3) is 0.158. The second-order valence-corrected chi connectivity index (χ2v) is 8.18. The lowest BCUT2D eigenvalue weighted by atomic mass is 10.2. The number of fused-ring (bicyclic) bond motifs is 1. The molecule has 0 unspecified atom stereocenters. The highest BCUT2D eigenvalue weighted by Gasteiger charge is 2.20. The van der Waals surface area contributed by atoms with Crippen LogP contribution in [0.4, 0.5) is 5.82 Å². The Hall–Kier alpha value is -2.75. The fourth-order valence-corrected chi connectivity index (χ4v) is 4.36. The highest BCUT2D eigenvalue weighted by Crippen LogP contribution is 2.34. The maximum atomic E-state index is 12.7. The van der Waals surface area contributed by atoms with Crippen molar-refractivity contribution in [3.05, 3.63) is 55.8 Å². The molecule has 0 saturated carbocycles. The molecule has 1 aliphatic rings. The van der Waals surface area contributed by atoms with Gasteiger partial charge in [0.2, 0.25) is 6.79 Å². The zero-order valence-electron chi connectivity index (χ0n) is 15.2. The van der Waals surface area contributed by atoms with Gasteiger partial charge >= 0.3 is 0 Å². The summed E-state index contributed by atoms with van der Waals surface area (Å²) in [5.41, 5.74) is 7.72. The maximum Gasteiger partial charge on any atom is 0.265 e. The first-order valence-corrected chi connectivity index (χ1v) is 10.1. The van der Waals surface area contributed by atoms with E-state index in [-0.39, 0.29) is 18.5 Å². The number of amides is 1. The first-order chi connectivity index (χ1) is 14.0. The molecule has 3 N–H and O–H groups in total. The summed E-state index contributed by atoms with van der Waals surface area (Å²) in [6, 6.07) is 10.6. The van der Waals surface area contributed by atoms with E-state index in [0.717, 1.165) is 16.9 Å². The van der Waals surface area contributed by atoms with Gasteiger partial charge in [0.15, 0.2) is 15.5 Å². The molecule has 3 aromatic rings. The predicted molar refractivity (Wildman–Crippen MR) is 114 cm³/mol. The van der Waals surface area contributed by atoms with E-state index in [1.165, 1.54) is 7.11 Å². The lowest BCUT2D eigenvalue weighted by Gasteiger charge is -2.12. The number of nitrogens with two attached hydrogens (primary N) is 1. The number of nitrogens with one attached hydrogen (secondary N) is 1. The van der Waals surface area contributed by atoms with Gasteiger partial charge < -0.3 is 25.3 Å². The van der Waals surface area contributed by atoms with Gasteiger partial charge in [-0.3, -0.25) is 9.36 Å². The number of aromatic nitrogens is 1. The molecule has 7 nitrogen and oxygen atoms in total. The van der Waals surface area contributed by atoms with Crippen LogP contribution in [0.2, 0.25) is 5.02 Å². The average molecular weight is 450 g/mol. The van der Waals surface area contributed by atoms with E-state index in [9.17, 15) is 4.79 Å². The van der Waals surface area contributed by atoms with Crippen molar-refractivity contribution in [2.75, 3.05) is 19.6 Å². The fourth-order valence-electron chi connectivity index (χ4n) is 2.93. The number of halogens is 1. The van der Waals surface area contributed by atoms with Gasteiger partial charge in [-0.1, -0.05) is 29.0 Å². The van der Waals surface area contributed by atoms with Crippen LogP contribution >= 0.6 is 35.2 Å². The monoisotopic (exact) mass is 449 g/mol. The largest absolute Gasteiger partial charge is 0.495 e. The van der Waals surface area contributed by atoms with Crippen LogP contribution in [-0.4, -0.2) is 24.4 Å². The third kappa shape index (κ3) is 3.76. The van der Waals surface area contributed by atoms with E-state index in [2.05, 4.69) is 5.32 Å². The minimum absolute atomic E-state index is 0.200. The summed E-state index contributed by atoms with van der Waals surface area (Å²) >= 11 is 12.7. The van der Waals surface area contributed by atoms with Gasteiger partial charge in [-0.05, 0) is 48.1 Å². The summed E-state index contributed by atoms with van der Waals surface area (Å²) in [6.45, 7) is 0.505. The number of benzene rings is 2. The van der Waals surface area contributed by atoms with Crippen LogP contribution in [-0.2, 0) is 6.54 Å². The Kier molecular flexibility index (Phi) is 5.35. The predicted octanol–water partition coefficient (Wildman–Crippen LogP) is 4.17. The Morgan fingerprint density at radius 2 is 2.10 bits per heavy atom. The molecular formula is C19H16ClN3O4S2. The molecule has 1 aromatic heterocycles. The molecule has 1 aliphatic heterocycles. The number of ether oxygens (including phenoxy) is 3. The summed E-state index contributed by atoms with van der Waals surface area (Å²) < 4.78 is 18.0. The van der Waals surface area contributed by atoms with Gasteiger partial charge in [0.25, 0.3) is 5.91 Å². The van der Waals surface area contributed by atoms with Gasteiger partial charge in [0.1, 0.15) is 16.4 Å². The standard InChI is InChI=1S/C19H16ClN3O4S2/c1-25-13-5-3-11(20)7-12(13)23-17(21)16(29-19(23)28)18(24)22-8-10-2-4-14-15(6-10)27-9-26-14/h2-7H,8-9,21H2,1H3,(H,22,24). The summed E-state index contributed by atoms with van der Waals surface area (Å²) in [5.74, 6) is 1.79. The van der Waals surface area contributed by atoms with Gasteiger partial charge in [-0.15, -0.1) is 0 Å². The topological polar surface area (TPSA) is 87.7 Å². The summed E-state index contributed by atoms with van der Waals surface area (Å²) in [6.07, 6.45) is 0. The molecule has 2 aromatic carbocycles. The molecule has 0 radical (unpaired) electrons. The number of methoxy groups -OCH3 is 1. The van der Waals surface area contributed by atoms with Gasteiger partial charge in [-0.25, -0.2) is 0 Å². The number of nitrogens with zero attached hydrogens (tertiary/aromatic N) is 1. The van der Waals surface area contributed by atoms with Crippen LogP contribution in [0.1, 0.15) is 15.2 Å². The number of thiazole rings is 1. The van der Waals surface area contributed by atoms with Crippen LogP contribution in [0.15, 0.2) is 36.4 Å². The maximum absolute atomic E-state index is 12.7. The Balaban J connectivity index is 1.58. The lowest BCUT2D eigenvalue weighted by Crippen LogP contribution is -2.23. The van der Waals surface area contributed by atoms with Crippen molar-refractivity contribution in [1.82, 2.24) is 9.88 Å². The van der Waals surface area contributed by atoms with E-state index in [4.69, 9.17) is 43.8 Å². The third-order valence-electron chi connectivity index (χ3n) is 4.32. The Labute approximate surface area is 180 Å². The van der Waals surface area contributed by atoms with E-state index >= 15 is 0 Å². The highest BCUT2D eigenvalue weighted by molar-refractivity contribution is 7.73. The summed E-state index contributed by atoms with van der Waals surface area (Å²) in [5, 5.41) is 3.36. The molecular weight excluding hydrogens is 434 g/mol. The number of hydrogen-bond donors (Lipinski definition) is 2. The van der Waals surface area contributed by atoms with Gasteiger partial charge in [-0.2, -0.15) is 0 Å². The lowest BCUT2D eigenvalue weighted by molar-refractivity contribution is 0.0955. The molecule has 2 heterocycles. The number of carbonyl (C=O) groups is 1. The molecule has 150 valence electrons. The van der Waals surface area contributed by atoms with E-state index in [0.29, 0.717) is 43.3 Å². The molecule has 0 fully saturated rings. The van der Waals surface area contributed by atoms with Crippen LogP contribution in [0.5, 0.6) is 17.2 Å². The zero-order chi connectivity index (χ0) is 20.5. The normalized spacial score (nSPS) is 12.1. The van der Waals surface area contributed by atoms with Gasteiger partial charge in [0.05, 0.1) is 12.8 Å². The average Bonchev–Trinajstić information content (AvgIpc) is 3.29. The quantitative estimate of drug-likeness (QED) is 0.568. The molecule has 0 bridgehead atoms. The molecule has 1 amide bonds. The first kappa shape index (κ1) is 19.6. The number of anilines is 1. The number of hydrogen-bond acceptors (Lipinski definition) is 7. The van der Waals surface area contributed by atoms with E-state index in [1.54, 1.807) is 22.8 Å². The van der Waals surface area contributed by atoms with E-state index in [1.807, 2.05) is 18.2 Å². The molecule has 0 atom stereocenters. The molecule has 4 rings (SSSR count). The highest BCUT2D eigenvalue weighted by atomic mass is 35.5. The Morgan fingerprint density at radius 3 is 2.90 bits per heavy atom. The summed E-state index contributed by atoms with van der Waals surface area (Å²) in [7, 11) is 1.54. The first-order valence-electron chi connectivity index (χ1n) is 8.50. The van der Waals surface area contributed by atoms with Crippen molar-refractivity contribution >= 4 is 46.9 Å². The SMILES string of the molecule is COc1ccc(Cl)cc1-n1c(N)c(C(=O)NCc2ccc3c(c2)OCO3)sc1=S. The molecule has 10 heteroatoms. The van der Waals surface area contributed by atoms with Crippen LogP contribution in [0.25, 0.3) is 5.69 Å². The van der Waals surface area contributed by atoms with Crippen LogP contribution < -0.4 is 25.3 Å². The van der Waals surface area contributed by atoms with E-state index < -0.39 is 0 Å². The molecule has 0 spiro atoms. The molecule has 29 heavy (non-hydrogen) atoms. The van der Waals surface area contributed by atoms with Crippen molar-refractivity contribution in [1.29, 1.82) is 0 Å². The van der Waals surface area contributed by atoms with Crippen molar-refractivity contribution in [2.24, 2.45) is 0 Å². The number of nitrogen functional groups attached to an aromatic ring is 1. The van der Waals surface area contributed by atoms with Crippen molar-refractivity contribution in [3.63, 3.8) is 0 Å². The Bertz CT molecular complexity index is 1160. The second kappa shape index (κ2) is 7.94. The van der Waals surface area contributed by atoms with Crippen LogP contribution in [0.3, 0.4) is 0 Å². The number of carbonyl (C=O) groups excluding carboxylic acids is 1. The van der Waals surface area contributed by atoms with Crippen LogP contribution in [0, 0.1) is 3.95 Å². The smallest absolute Gasteiger partial charge is 0.265 e. The molecule has 0 saturated heterocycles. The third-order valence-corrected chi connectivity index (χ3v) is 5.95. The Morgan fingerprint density at radius 1 is 1.31 bits per heavy atom. The molecule has 0 aliphatic carbocycles.